The minimum atomic E-state index is -4.28. The Bertz CT molecular complexity index is 122. The molecule has 0 aromatic rings. The highest BCUT2D eigenvalue weighted by molar-refractivity contribution is 4.64. The first-order chi connectivity index (χ1) is 5.33. The maximum atomic E-state index is 11.7. The van der Waals surface area contributed by atoms with Crippen molar-refractivity contribution >= 4 is 0 Å². The molecule has 12 heavy (non-hydrogen) atoms. The summed E-state index contributed by atoms with van der Waals surface area (Å²) in [6.07, 6.45) is -7.99. The van der Waals surface area contributed by atoms with Crippen molar-refractivity contribution < 1.29 is 22.0 Å². The number of hydrogen-bond donors (Lipinski definition) is 1. The maximum Gasteiger partial charge on any atom is 0.390 e. The summed E-state index contributed by atoms with van der Waals surface area (Å²) < 4.78 is 57.8. The zero-order valence-corrected chi connectivity index (χ0v) is 6.46. The zero-order chi connectivity index (χ0) is 9.78. The third-order valence-corrected chi connectivity index (χ3v) is 1.25. The van der Waals surface area contributed by atoms with Gasteiger partial charge in [0, 0.05) is 6.54 Å². The van der Waals surface area contributed by atoms with Crippen LogP contribution in [-0.2, 0) is 0 Å². The van der Waals surface area contributed by atoms with E-state index >= 15 is 0 Å². The first kappa shape index (κ1) is 11.6. The molecule has 74 valence electrons. The van der Waals surface area contributed by atoms with Crippen molar-refractivity contribution in [3.05, 3.63) is 0 Å². The van der Waals surface area contributed by atoms with Crippen molar-refractivity contribution in [3.63, 3.8) is 0 Å². The fourth-order valence-electron chi connectivity index (χ4n) is 0.531. The molecule has 0 saturated heterocycles. The van der Waals surface area contributed by atoms with E-state index in [9.17, 15) is 22.0 Å². The Hall–Kier alpha value is -0.390. The Morgan fingerprint density at radius 3 is 2.08 bits per heavy atom. The molecule has 1 N–H and O–H groups in total. The van der Waals surface area contributed by atoms with Crippen LogP contribution >= 0.6 is 0 Å². The third-order valence-electron chi connectivity index (χ3n) is 1.25. The molecule has 1 nitrogen and oxygen atoms in total. The van der Waals surface area contributed by atoms with Gasteiger partial charge in [-0.05, 0) is 6.92 Å². The predicted molar refractivity (Wildman–Crippen MR) is 34.1 cm³/mol. The molecule has 0 aliphatic carbocycles. The van der Waals surface area contributed by atoms with Crippen molar-refractivity contribution in [1.29, 1.82) is 0 Å². The minimum absolute atomic E-state index is 0.463. The molecule has 0 aliphatic heterocycles. The van der Waals surface area contributed by atoms with Crippen LogP contribution in [-0.4, -0.2) is 25.2 Å². The van der Waals surface area contributed by atoms with Crippen molar-refractivity contribution in [1.82, 2.24) is 5.32 Å². The maximum absolute atomic E-state index is 11.7. The average Bonchev–Trinajstić information content (AvgIpc) is 1.84. The molecule has 1 atom stereocenters. The Morgan fingerprint density at radius 1 is 1.25 bits per heavy atom. The second-order valence-electron chi connectivity index (χ2n) is 2.44. The van der Waals surface area contributed by atoms with Gasteiger partial charge in [-0.15, -0.1) is 0 Å². The van der Waals surface area contributed by atoms with Gasteiger partial charge in [0.05, 0.1) is 12.5 Å². The van der Waals surface area contributed by atoms with Crippen molar-refractivity contribution in [3.8, 4) is 0 Å². The molecule has 6 heteroatoms. The normalized spacial score (nSPS) is 15.2. The molecule has 0 spiro atoms. The van der Waals surface area contributed by atoms with Crippen molar-refractivity contribution in [2.75, 3.05) is 6.54 Å². The van der Waals surface area contributed by atoms with Gasteiger partial charge >= 0.3 is 6.18 Å². The van der Waals surface area contributed by atoms with Crippen LogP contribution in [0, 0.1) is 0 Å². The lowest BCUT2D eigenvalue weighted by Crippen LogP contribution is -2.34. The SMILES string of the molecule is CC(NCCC(F)(F)F)C(F)F. The molecule has 0 heterocycles. The molecule has 1 unspecified atom stereocenters. The van der Waals surface area contributed by atoms with E-state index in [-0.39, 0.29) is 0 Å². The summed E-state index contributed by atoms with van der Waals surface area (Å²) in [7, 11) is 0. The molecule has 0 radical (unpaired) electrons. The molecule has 0 saturated carbocycles. The Balaban J connectivity index is 3.44. The van der Waals surface area contributed by atoms with Crippen molar-refractivity contribution in [2.24, 2.45) is 0 Å². The van der Waals surface area contributed by atoms with Gasteiger partial charge in [-0.25, -0.2) is 8.78 Å². The molecule has 0 aromatic carbocycles. The number of rotatable bonds is 4. The van der Waals surface area contributed by atoms with Crippen LogP contribution in [0.4, 0.5) is 22.0 Å². The van der Waals surface area contributed by atoms with E-state index in [2.05, 4.69) is 5.32 Å². The van der Waals surface area contributed by atoms with Crippen LogP contribution in [0.3, 0.4) is 0 Å². The van der Waals surface area contributed by atoms with Gasteiger partial charge in [0.1, 0.15) is 0 Å². The van der Waals surface area contributed by atoms with Gasteiger partial charge < -0.3 is 5.32 Å². The summed E-state index contributed by atoms with van der Waals surface area (Å²) in [6, 6.07) is -1.19. The molecule has 0 bridgehead atoms. The lowest BCUT2D eigenvalue weighted by molar-refractivity contribution is -0.134. The van der Waals surface area contributed by atoms with Gasteiger partial charge in [-0.2, -0.15) is 13.2 Å². The summed E-state index contributed by atoms with van der Waals surface area (Å²) in [6.45, 7) is 0.677. The smallest absolute Gasteiger partial charge is 0.309 e. The molecule has 0 fully saturated rings. The lowest BCUT2D eigenvalue weighted by atomic mass is 10.3. The van der Waals surface area contributed by atoms with E-state index in [1.54, 1.807) is 0 Å². The summed E-state index contributed by atoms with van der Waals surface area (Å²) in [5.41, 5.74) is 0. The molecule has 0 aliphatic rings. The standard InChI is InChI=1S/C6H10F5N/c1-4(5(7)8)12-3-2-6(9,10)11/h4-5,12H,2-3H2,1H3. The fourth-order valence-corrected chi connectivity index (χ4v) is 0.531. The van der Waals surface area contributed by atoms with Crippen LogP contribution in [0.5, 0.6) is 0 Å². The summed E-state index contributed by atoms with van der Waals surface area (Å²) in [4.78, 5) is 0. The second-order valence-corrected chi connectivity index (χ2v) is 2.44. The van der Waals surface area contributed by atoms with Crippen LogP contribution < -0.4 is 5.32 Å². The predicted octanol–water partition coefficient (Wildman–Crippen LogP) is 2.18. The third kappa shape index (κ3) is 6.33. The monoisotopic (exact) mass is 191 g/mol. The first-order valence-electron chi connectivity index (χ1n) is 3.41. The topological polar surface area (TPSA) is 12.0 Å². The van der Waals surface area contributed by atoms with Crippen LogP contribution in [0.1, 0.15) is 13.3 Å². The van der Waals surface area contributed by atoms with E-state index < -0.39 is 31.6 Å². The van der Waals surface area contributed by atoms with Gasteiger partial charge in [-0.1, -0.05) is 0 Å². The Kier molecular flexibility index (Phi) is 4.44. The van der Waals surface area contributed by atoms with Gasteiger partial charge in [0.2, 0.25) is 0 Å². The first-order valence-corrected chi connectivity index (χ1v) is 3.41. The second kappa shape index (κ2) is 4.59. The fraction of sp³-hybridized carbons (Fsp3) is 1.00. The van der Waals surface area contributed by atoms with Crippen LogP contribution in [0.2, 0.25) is 0 Å². The van der Waals surface area contributed by atoms with E-state index in [0.717, 1.165) is 6.92 Å². The highest BCUT2D eigenvalue weighted by Gasteiger charge is 2.27. The zero-order valence-electron chi connectivity index (χ0n) is 6.46. The Labute approximate surface area is 66.9 Å². The lowest BCUT2D eigenvalue weighted by Gasteiger charge is -2.13. The van der Waals surface area contributed by atoms with Crippen LogP contribution in [0.25, 0.3) is 0 Å². The van der Waals surface area contributed by atoms with Crippen LogP contribution in [0.15, 0.2) is 0 Å². The molecular formula is C6H10F5N. The van der Waals surface area contributed by atoms with Gasteiger partial charge in [-0.3, -0.25) is 0 Å². The average molecular weight is 191 g/mol. The number of nitrogens with one attached hydrogen (secondary N) is 1. The highest BCUT2D eigenvalue weighted by Crippen LogP contribution is 2.18. The van der Waals surface area contributed by atoms with E-state index in [1.165, 1.54) is 0 Å². The number of hydrogen-bond acceptors (Lipinski definition) is 1. The quantitative estimate of drug-likeness (QED) is 0.671. The van der Waals surface area contributed by atoms with E-state index in [1.807, 2.05) is 0 Å². The molecule has 0 rings (SSSR count). The summed E-state index contributed by atoms with van der Waals surface area (Å²) in [5.74, 6) is 0. The Morgan fingerprint density at radius 2 is 1.75 bits per heavy atom. The highest BCUT2D eigenvalue weighted by atomic mass is 19.4. The number of halogens is 5. The summed E-state index contributed by atoms with van der Waals surface area (Å²) in [5, 5.41) is 2.07. The van der Waals surface area contributed by atoms with Gasteiger partial charge in [0.25, 0.3) is 6.43 Å². The molecule has 0 aromatic heterocycles. The molecular weight excluding hydrogens is 181 g/mol. The van der Waals surface area contributed by atoms with Gasteiger partial charge in [0.15, 0.2) is 0 Å². The van der Waals surface area contributed by atoms with E-state index in [0.29, 0.717) is 0 Å². The van der Waals surface area contributed by atoms with E-state index in [4.69, 9.17) is 0 Å². The largest absolute Gasteiger partial charge is 0.390 e. The summed E-state index contributed by atoms with van der Waals surface area (Å²) >= 11 is 0. The van der Waals surface area contributed by atoms with Crippen molar-refractivity contribution in [2.45, 2.75) is 32.0 Å². The molecule has 0 amide bonds. The number of alkyl halides is 5. The minimum Gasteiger partial charge on any atom is -0.309 e.